The zero-order chi connectivity index (χ0) is 17.6. The quantitative estimate of drug-likeness (QED) is 0.786. The monoisotopic (exact) mass is 368 g/mol. The molecule has 3 heterocycles. The summed E-state index contributed by atoms with van der Waals surface area (Å²) < 4.78 is 10.3. The highest BCUT2D eigenvalue weighted by molar-refractivity contribution is 7.09. The Bertz CT molecular complexity index is 595. The molecule has 0 aliphatic carbocycles. The van der Waals surface area contributed by atoms with Gasteiger partial charge in [0.1, 0.15) is 10.7 Å². The van der Waals surface area contributed by atoms with Crippen molar-refractivity contribution in [2.45, 2.75) is 13.5 Å². The fourth-order valence-corrected chi connectivity index (χ4v) is 3.71. The number of carbonyl (C=O) groups is 2. The number of morpholine rings is 1. The molecular weight excluding hydrogens is 344 g/mol. The van der Waals surface area contributed by atoms with Crippen molar-refractivity contribution >= 4 is 23.3 Å². The lowest BCUT2D eigenvalue weighted by Crippen LogP contribution is -2.50. The van der Waals surface area contributed by atoms with Gasteiger partial charge < -0.3 is 19.3 Å². The number of aromatic nitrogens is 1. The summed E-state index contributed by atoms with van der Waals surface area (Å²) in [5, 5.41) is 2.78. The number of rotatable bonds is 4. The van der Waals surface area contributed by atoms with Crippen LogP contribution in [-0.2, 0) is 16.0 Å². The van der Waals surface area contributed by atoms with Crippen LogP contribution in [0.4, 0.5) is 4.79 Å². The first-order chi connectivity index (χ1) is 12.2. The highest BCUT2D eigenvalue weighted by Crippen LogP contribution is 2.16. The molecule has 0 N–H and O–H groups in total. The van der Waals surface area contributed by atoms with Crippen LogP contribution in [0.3, 0.4) is 0 Å². The lowest BCUT2D eigenvalue weighted by Gasteiger charge is -2.33. The number of ether oxygens (including phenoxy) is 2. The smallest absolute Gasteiger partial charge is 0.409 e. The molecule has 0 saturated carbocycles. The average Bonchev–Trinajstić information content (AvgIpc) is 3.11. The minimum atomic E-state index is -0.309. The molecule has 2 aliphatic rings. The first kappa shape index (κ1) is 18.1. The van der Waals surface area contributed by atoms with Gasteiger partial charge >= 0.3 is 6.09 Å². The molecule has 0 aromatic carbocycles. The van der Waals surface area contributed by atoms with E-state index >= 15 is 0 Å². The average molecular weight is 368 g/mol. The number of hydrogen-bond acceptors (Lipinski definition) is 7. The largest absolute Gasteiger partial charge is 0.450 e. The Hall–Kier alpha value is -1.71. The summed E-state index contributed by atoms with van der Waals surface area (Å²) in [6.45, 7) is 8.23. The van der Waals surface area contributed by atoms with Crippen LogP contribution in [-0.4, -0.2) is 90.8 Å². The van der Waals surface area contributed by atoms with Crippen molar-refractivity contribution in [3.05, 3.63) is 16.1 Å². The third-order valence-corrected chi connectivity index (χ3v) is 5.16. The minimum Gasteiger partial charge on any atom is -0.450 e. The summed E-state index contributed by atoms with van der Waals surface area (Å²) >= 11 is 1.52. The third kappa shape index (κ3) is 4.68. The van der Waals surface area contributed by atoms with Crippen LogP contribution in [0.1, 0.15) is 22.4 Å². The van der Waals surface area contributed by atoms with Gasteiger partial charge in [-0.05, 0) is 6.92 Å². The predicted molar refractivity (Wildman–Crippen MR) is 92.7 cm³/mol. The third-order valence-electron chi connectivity index (χ3n) is 4.33. The molecule has 9 heteroatoms. The summed E-state index contributed by atoms with van der Waals surface area (Å²) in [5.74, 6) is -0.0620. The fraction of sp³-hybridized carbons (Fsp3) is 0.688. The van der Waals surface area contributed by atoms with Gasteiger partial charge in [-0.1, -0.05) is 0 Å². The molecule has 0 bridgehead atoms. The molecule has 0 atom stereocenters. The van der Waals surface area contributed by atoms with Gasteiger partial charge in [-0.25, -0.2) is 9.78 Å². The summed E-state index contributed by atoms with van der Waals surface area (Å²) in [6.07, 6.45) is -0.309. The Balaban J connectivity index is 1.51. The van der Waals surface area contributed by atoms with Gasteiger partial charge in [0.2, 0.25) is 0 Å². The van der Waals surface area contributed by atoms with Gasteiger partial charge in [-0.3, -0.25) is 9.69 Å². The van der Waals surface area contributed by atoms with Crippen molar-refractivity contribution in [2.75, 3.05) is 59.1 Å². The van der Waals surface area contributed by atoms with E-state index in [9.17, 15) is 9.59 Å². The summed E-state index contributed by atoms with van der Waals surface area (Å²) in [4.78, 5) is 34.5. The standard InChI is InChI=1S/C16H24N4O4S/c1-2-24-16(22)20-5-3-19(4-6-20)15(21)13-12-25-14(17-13)11-18-7-9-23-10-8-18/h12H,2-11H2,1H3. The Kier molecular flexibility index (Phi) is 6.22. The van der Waals surface area contributed by atoms with Crippen LogP contribution in [0, 0.1) is 0 Å². The SMILES string of the molecule is CCOC(=O)N1CCN(C(=O)c2csc(CN3CCOCC3)n2)CC1. The van der Waals surface area contributed by atoms with Gasteiger partial charge in [-0.2, -0.15) is 0 Å². The van der Waals surface area contributed by atoms with E-state index in [0.29, 0.717) is 38.5 Å². The van der Waals surface area contributed by atoms with Gasteiger partial charge in [-0.15, -0.1) is 11.3 Å². The molecule has 25 heavy (non-hydrogen) atoms. The lowest BCUT2D eigenvalue weighted by molar-refractivity contribution is 0.0341. The number of hydrogen-bond donors (Lipinski definition) is 0. The van der Waals surface area contributed by atoms with Crippen molar-refractivity contribution in [3.8, 4) is 0 Å². The Labute approximate surface area is 151 Å². The molecule has 3 rings (SSSR count). The van der Waals surface area contributed by atoms with E-state index in [1.807, 2.05) is 5.38 Å². The van der Waals surface area contributed by atoms with E-state index < -0.39 is 0 Å². The van der Waals surface area contributed by atoms with Crippen LogP contribution >= 0.6 is 11.3 Å². The van der Waals surface area contributed by atoms with E-state index in [1.54, 1.807) is 16.7 Å². The maximum absolute atomic E-state index is 12.6. The zero-order valence-electron chi connectivity index (χ0n) is 14.5. The second kappa shape index (κ2) is 8.59. The minimum absolute atomic E-state index is 0.0620. The number of amides is 2. The molecule has 1 aromatic heterocycles. The Morgan fingerprint density at radius 3 is 2.52 bits per heavy atom. The number of nitrogens with zero attached hydrogens (tertiary/aromatic N) is 4. The van der Waals surface area contributed by atoms with E-state index in [4.69, 9.17) is 9.47 Å². The van der Waals surface area contributed by atoms with Crippen LogP contribution < -0.4 is 0 Å². The first-order valence-corrected chi connectivity index (χ1v) is 9.51. The van der Waals surface area contributed by atoms with E-state index in [0.717, 1.165) is 37.9 Å². The number of carbonyl (C=O) groups excluding carboxylic acids is 2. The molecule has 2 saturated heterocycles. The van der Waals surface area contributed by atoms with Crippen LogP contribution in [0.15, 0.2) is 5.38 Å². The van der Waals surface area contributed by atoms with Crippen molar-refractivity contribution in [1.29, 1.82) is 0 Å². The van der Waals surface area contributed by atoms with Crippen molar-refractivity contribution in [3.63, 3.8) is 0 Å². The van der Waals surface area contributed by atoms with Crippen molar-refractivity contribution in [2.24, 2.45) is 0 Å². The van der Waals surface area contributed by atoms with E-state index in [-0.39, 0.29) is 12.0 Å². The molecule has 138 valence electrons. The molecule has 0 radical (unpaired) electrons. The van der Waals surface area contributed by atoms with E-state index in [2.05, 4.69) is 9.88 Å². The van der Waals surface area contributed by atoms with Crippen LogP contribution in [0.5, 0.6) is 0 Å². The molecule has 2 aliphatic heterocycles. The number of thiazole rings is 1. The normalized spacial score (nSPS) is 19.1. The summed E-state index contributed by atoms with van der Waals surface area (Å²) in [5.41, 5.74) is 0.498. The van der Waals surface area contributed by atoms with Crippen LogP contribution in [0.2, 0.25) is 0 Å². The highest BCUT2D eigenvalue weighted by Gasteiger charge is 2.26. The molecule has 0 spiro atoms. The summed E-state index contributed by atoms with van der Waals surface area (Å²) in [7, 11) is 0. The zero-order valence-corrected chi connectivity index (χ0v) is 15.3. The number of piperazine rings is 1. The van der Waals surface area contributed by atoms with Crippen molar-refractivity contribution in [1.82, 2.24) is 19.7 Å². The van der Waals surface area contributed by atoms with Gasteiger partial charge in [0.25, 0.3) is 5.91 Å². The molecule has 0 unspecified atom stereocenters. The molecule has 1 aromatic rings. The molecule has 2 fully saturated rings. The second-order valence-corrected chi connectivity index (χ2v) is 6.94. The molecule has 8 nitrogen and oxygen atoms in total. The summed E-state index contributed by atoms with van der Waals surface area (Å²) in [6, 6.07) is 0. The first-order valence-electron chi connectivity index (χ1n) is 8.63. The molecule has 2 amide bonds. The van der Waals surface area contributed by atoms with Gasteiger partial charge in [0, 0.05) is 44.6 Å². The van der Waals surface area contributed by atoms with Gasteiger partial charge in [0.05, 0.1) is 26.4 Å². The van der Waals surface area contributed by atoms with Gasteiger partial charge in [0.15, 0.2) is 0 Å². The topological polar surface area (TPSA) is 75.2 Å². The maximum atomic E-state index is 12.6. The maximum Gasteiger partial charge on any atom is 0.409 e. The Morgan fingerprint density at radius 1 is 1.16 bits per heavy atom. The Morgan fingerprint density at radius 2 is 1.84 bits per heavy atom. The highest BCUT2D eigenvalue weighted by atomic mass is 32.1. The molecular formula is C16H24N4O4S. The lowest BCUT2D eigenvalue weighted by atomic mass is 10.3. The fourth-order valence-electron chi connectivity index (χ4n) is 2.90. The second-order valence-electron chi connectivity index (χ2n) is 5.99. The van der Waals surface area contributed by atoms with E-state index in [1.165, 1.54) is 11.3 Å². The van der Waals surface area contributed by atoms with Crippen LogP contribution in [0.25, 0.3) is 0 Å². The van der Waals surface area contributed by atoms with Crippen molar-refractivity contribution < 1.29 is 19.1 Å². The predicted octanol–water partition coefficient (Wildman–Crippen LogP) is 0.890.